The lowest BCUT2D eigenvalue weighted by Crippen LogP contribution is -2.32. The van der Waals surface area contributed by atoms with E-state index in [2.05, 4.69) is 52.8 Å². The molecule has 2 aromatic rings. The van der Waals surface area contributed by atoms with Crippen LogP contribution in [0.1, 0.15) is 18.1 Å². The van der Waals surface area contributed by atoms with Gasteiger partial charge in [-0.1, -0.05) is 18.2 Å². The second-order valence-corrected chi connectivity index (χ2v) is 6.03. The highest BCUT2D eigenvalue weighted by Gasteiger charge is 2.17. The molecule has 0 N–H and O–H groups in total. The van der Waals surface area contributed by atoms with E-state index in [-0.39, 0.29) is 0 Å². The fourth-order valence-electron chi connectivity index (χ4n) is 2.31. The van der Waals surface area contributed by atoms with E-state index in [4.69, 9.17) is 4.74 Å². The second kappa shape index (κ2) is 6.94. The molecular weight excluding hydrogens is 328 g/mol. The number of nitrogens with zero attached hydrogens (tertiary/aromatic N) is 2. The van der Waals surface area contributed by atoms with Gasteiger partial charge in [0.25, 0.3) is 0 Å². The first kappa shape index (κ1) is 15.8. The number of aryl methyl sites for hydroxylation is 1. The quantitative estimate of drug-likeness (QED) is 0.808. The zero-order chi connectivity index (χ0) is 15.4. The molecule has 1 unspecified atom stereocenters. The van der Waals surface area contributed by atoms with Gasteiger partial charge in [-0.2, -0.15) is 0 Å². The number of likely N-dealkylation sites (N-methyl/N-ethyl adjacent to an activating group) is 1. The monoisotopic (exact) mass is 348 g/mol. The molecule has 0 aliphatic heterocycles. The maximum Gasteiger partial charge on any atom is 0.143 e. The van der Waals surface area contributed by atoms with E-state index in [0.29, 0.717) is 6.04 Å². The van der Waals surface area contributed by atoms with Crippen LogP contribution in [0.5, 0.6) is 5.75 Å². The van der Waals surface area contributed by atoms with Crippen molar-refractivity contribution in [2.24, 2.45) is 0 Å². The zero-order valence-corrected chi connectivity index (χ0v) is 14.5. The molecule has 4 heteroatoms. The molecule has 112 valence electrons. The maximum atomic E-state index is 5.43. The van der Waals surface area contributed by atoms with Gasteiger partial charge in [0.15, 0.2) is 0 Å². The first-order valence-corrected chi connectivity index (χ1v) is 7.79. The number of methoxy groups -OCH3 is 1. The summed E-state index contributed by atoms with van der Waals surface area (Å²) in [7, 11) is 3.79. The van der Waals surface area contributed by atoms with E-state index >= 15 is 0 Å². The van der Waals surface area contributed by atoms with Gasteiger partial charge >= 0.3 is 0 Å². The van der Waals surface area contributed by atoms with Crippen LogP contribution in [0.4, 0.5) is 5.82 Å². The van der Waals surface area contributed by atoms with Crippen LogP contribution in [0, 0.1) is 6.92 Å². The number of hydrogen-bond donors (Lipinski definition) is 0. The first-order chi connectivity index (χ1) is 10.0. The Bertz CT molecular complexity index is 615. The first-order valence-electron chi connectivity index (χ1n) is 7.00. The Morgan fingerprint density at radius 3 is 2.71 bits per heavy atom. The smallest absolute Gasteiger partial charge is 0.143 e. The standard InChI is InChI=1S/C17H21BrN2O/c1-12-9-10-19-17(16(12)18)20(3)13(2)11-14-7-5-6-8-15(14)21-4/h5-10,13H,11H2,1-4H3. The van der Waals surface area contributed by atoms with Crippen LogP contribution < -0.4 is 9.64 Å². The minimum atomic E-state index is 0.312. The summed E-state index contributed by atoms with van der Waals surface area (Å²) >= 11 is 3.63. The average molecular weight is 349 g/mol. The Kier molecular flexibility index (Phi) is 5.23. The number of aromatic nitrogens is 1. The third kappa shape index (κ3) is 3.56. The largest absolute Gasteiger partial charge is 0.496 e. The topological polar surface area (TPSA) is 25.4 Å². The Morgan fingerprint density at radius 2 is 2.00 bits per heavy atom. The summed E-state index contributed by atoms with van der Waals surface area (Å²) < 4.78 is 6.49. The molecule has 2 rings (SSSR count). The molecule has 1 aromatic carbocycles. The van der Waals surface area contributed by atoms with E-state index in [9.17, 15) is 0 Å². The molecular formula is C17H21BrN2O. The molecule has 3 nitrogen and oxygen atoms in total. The summed E-state index contributed by atoms with van der Waals surface area (Å²) in [5, 5.41) is 0. The molecule has 0 amide bonds. The van der Waals surface area contributed by atoms with Crippen molar-refractivity contribution >= 4 is 21.7 Å². The lowest BCUT2D eigenvalue weighted by molar-refractivity contribution is 0.408. The van der Waals surface area contributed by atoms with Gasteiger partial charge in [0, 0.05) is 19.3 Å². The number of para-hydroxylation sites is 1. The van der Waals surface area contributed by atoms with Gasteiger partial charge < -0.3 is 9.64 Å². The minimum absolute atomic E-state index is 0.312. The third-order valence-corrected chi connectivity index (χ3v) is 4.75. The maximum absolute atomic E-state index is 5.43. The van der Waals surface area contributed by atoms with Crippen LogP contribution >= 0.6 is 15.9 Å². The molecule has 0 saturated carbocycles. The summed E-state index contributed by atoms with van der Waals surface area (Å²) in [6.07, 6.45) is 2.75. The Morgan fingerprint density at radius 1 is 1.29 bits per heavy atom. The molecule has 0 spiro atoms. The Labute approximate surface area is 135 Å². The average Bonchev–Trinajstić information content (AvgIpc) is 2.50. The normalized spacial score (nSPS) is 12.0. The zero-order valence-electron chi connectivity index (χ0n) is 12.9. The summed E-state index contributed by atoms with van der Waals surface area (Å²) in [5.74, 6) is 1.91. The number of anilines is 1. The summed E-state index contributed by atoms with van der Waals surface area (Å²) in [6.45, 7) is 4.27. The van der Waals surface area contributed by atoms with Crippen LogP contribution in [0.2, 0.25) is 0 Å². The lowest BCUT2D eigenvalue weighted by Gasteiger charge is -2.27. The lowest BCUT2D eigenvalue weighted by atomic mass is 10.0. The van der Waals surface area contributed by atoms with Gasteiger partial charge in [0.05, 0.1) is 11.6 Å². The van der Waals surface area contributed by atoms with Crippen molar-refractivity contribution in [3.05, 3.63) is 52.1 Å². The van der Waals surface area contributed by atoms with Crippen LogP contribution in [0.3, 0.4) is 0 Å². The van der Waals surface area contributed by atoms with E-state index in [1.165, 1.54) is 11.1 Å². The summed E-state index contributed by atoms with van der Waals surface area (Å²) in [6, 6.07) is 10.5. The van der Waals surface area contributed by atoms with Crippen molar-refractivity contribution in [2.45, 2.75) is 26.3 Å². The predicted molar refractivity (Wildman–Crippen MR) is 91.2 cm³/mol. The highest BCUT2D eigenvalue weighted by Crippen LogP contribution is 2.28. The summed E-state index contributed by atoms with van der Waals surface area (Å²) in [4.78, 5) is 6.69. The SMILES string of the molecule is COc1ccccc1CC(C)N(C)c1nccc(C)c1Br. The van der Waals surface area contributed by atoms with Gasteiger partial charge in [-0.15, -0.1) is 0 Å². The van der Waals surface area contributed by atoms with Crippen molar-refractivity contribution in [1.82, 2.24) is 4.98 Å². The Hall–Kier alpha value is -1.55. The number of pyridine rings is 1. The molecule has 0 bridgehead atoms. The van der Waals surface area contributed by atoms with Crippen molar-refractivity contribution < 1.29 is 4.74 Å². The highest BCUT2D eigenvalue weighted by atomic mass is 79.9. The molecule has 0 fully saturated rings. The van der Waals surface area contributed by atoms with Crippen molar-refractivity contribution in [2.75, 3.05) is 19.1 Å². The van der Waals surface area contributed by atoms with E-state index in [0.717, 1.165) is 22.5 Å². The molecule has 0 aliphatic rings. The number of halogens is 1. The molecule has 1 atom stereocenters. The molecule has 0 aliphatic carbocycles. The fraction of sp³-hybridized carbons (Fsp3) is 0.353. The van der Waals surface area contributed by atoms with Gasteiger partial charge in [0.2, 0.25) is 0 Å². The van der Waals surface area contributed by atoms with Gasteiger partial charge in [0.1, 0.15) is 11.6 Å². The van der Waals surface area contributed by atoms with Crippen LogP contribution in [0.25, 0.3) is 0 Å². The van der Waals surface area contributed by atoms with Crippen LogP contribution in [-0.4, -0.2) is 25.2 Å². The Balaban J connectivity index is 2.20. The van der Waals surface area contributed by atoms with E-state index in [1.54, 1.807) is 7.11 Å². The number of hydrogen-bond acceptors (Lipinski definition) is 3. The number of rotatable bonds is 5. The molecule has 0 saturated heterocycles. The van der Waals surface area contributed by atoms with Gasteiger partial charge in [-0.05, 0) is 59.5 Å². The highest BCUT2D eigenvalue weighted by molar-refractivity contribution is 9.10. The van der Waals surface area contributed by atoms with Gasteiger partial charge in [-0.3, -0.25) is 0 Å². The second-order valence-electron chi connectivity index (χ2n) is 5.24. The van der Waals surface area contributed by atoms with Crippen LogP contribution in [0.15, 0.2) is 41.0 Å². The third-order valence-electron chi connectivity index (χ3n) is 3.77. The predicted octanol–water partition coefficient (Wildman–Crippen LogP) is 4.23. The van der Waals surface area contributed by atoms with Crippen molar-refractivity contribution in [1.29, 1.82) is 0 Å². The molecule has 0 radical (unpaired) electrons. The van der Waals surface area contributed by atoms with E-state index < -0.39 is 0 Å². The molecule has 21 heavy (non-hydrogen) atoms. The summed E-state index contributed by atoms with van der Waals surface area (Å²) in [5.41, 5.74) is 2.40. The van der Waals surface area contributed by atoms with Gasteiger partial charge in [-0.25, -0.2) is 4.98 Å². The minimum Gasteiger partial charge on any atom is -0.496 e. The van der Waals surface area contributed by atoms with E-state index in [1.807, 2.05) is 30.5 Å². The number of ether oxygens (including phenoxy) is 1. The van der Waals surface area contributed by atoms with Crippen molar-refractivity contribution in [3.63, 3.8) is 0 Å². The van der Waals surface area contributed by atoms with Crippen LogP contribution in [-0.2, 0) is 6.42 Å². The van der Waals surface area contributed by atoms with Crippen molar-refractivity contribution in [3.8, 4) is 5.75 Å². The fourth-order valence-corrected chi connectivity index (χ4v) is 2.82. The molecule has 1 aromatic heterocycles. The number of benzene rings is 1. The molecule has 1 heterocycles.